The SMILES string of the molecule is CCOC(=O)C1=C(CSC(=N)N)N=C(C)C(C(C)=O)C1c1cccs1. The molecule has 3 N–H and O–H groups in total. The molecule has 0 saturated carbocycles. The molecule has 134 valence electrons. The third-order valence-electron chi connectivity index (χ3n) is 3.86. The second-order valence-electron chi connectivity index (χ2n) is 5.57. The summed E-state index contributed by atoms with van der Waals surface area (Å²) in [5.41, 5.74) is 7.01. The maximum Gasteiger partial charge on any atom is 0.336 e. The van der Waals surface area contributed by atoms with Crippen molar-refractivity contribution in [3.8, 4) is 0 Å². The molecule has 1 aromatic rings. The molecule has 2 atom stereocenters. The fraction of sp³-hybridized carbons (Fsp3) is 0.412. The van der Waals surface area contributed by atoms with Crippen LogP contribution in [0.3, 0.4) is 0 Å². The Morgan fingerprint density at radius 2 is 2.20 bits per heavy atom. The molecule has 0 radical (unpaired) electrons. The number of nitrogens with one attached hydrogen (secondary N) is 1. The molecule has 0 aromatic carbocycles. The number of esters is 1. The van der Waals surface area contributed by atoms with Gasteiger partial charge in [-0.2, -0.15) is 0 Å². The van der Waals surface area contributed by atoms with Gasteiger partial charge in [0, 0.05) is 22.3 Å². The van der Waals surface area contributed by atoms with E-state index in [0.29, 0.717) is 17.0 Å². The molecular weight excluding hydrogens is 358 g/mol. The van der Waals surface area contributed by atoms with Crippen molar-refractivity contribution in [2.75, 3.05) is 12.4 Å². The molecule has 8 heteroatoms. The Morgan fingerprint density at radius 1 is 1.48 bits per heavy atom. The van der Waals surface area contributed by atoms with Crippen LogP contribution in [0.5, 0.6) is 0 Å². The number of nitrogens with two attached hydrogens (primary N) is 1. The summed E-state index contributed by atoms with van der Waals surface area (Å²) < 4.78 is 5.24. The number of ketones is 1. The molecule has 25 heavy (non-hydrogen) atoms. The Morgan fingerprint density at radius 3 is 2.72 bits per heavy atom. The van der Waals surface area contributed by atoms with E-state index in [1.807, 2.05) is 17.5 Å². The Balaban J connectivity index is 2.61. The Bertz CT molecular complexity index is 738. The summed E-state index contributed by atoms with van der Waals surface area (Å²) in [7, 11) is 0. The van der Waals surface area contributed by atoms with Crippen LogP contribution in [0.1, 0.15) is 31.6 Å². The number of thioether (sulfide) groups is 1. The highest BCUT2D eigenvalue weighted by molar-refractivity contribution is 8.13. The summed E-state index contributed by atoms with van der Waals surface area (Å²) in [6, 6.07) is 3.81. The molecular formula is C17H21N3O3S2. The molecule has 0 amide bonds. The van der Waals surface area contributed by atoms with Crippen molar-refractivity contribution < 1.29 is 14.3 Å². The monoisotopic (exact) mass is 379 g/mol. The molecule has 0 spiro atoms. The van der Waals surface area contributed by atoms with Gasteiger partial charge in [-0.25, -0.2) is 4.79 Å². The highest BCUT2D eigenvalue weighted by atomic mass is 32.2. The molecule has 2 unspecified atom stereocenters. The number of nitrogens with zero attached hydrogens (tertiary/aromatic N) is 1. The highest BCUT2D eigenvalue weighted by Gasteiger charge is 2.41. The first-order chi connectivity index (χ1) is 11.9. The van der Waals surface area contributed by atoms with Crippen molar-refractivity contribution in [2.45, 2.75) is 26.7 Å². The predicted octanol–water partition coefficient (Wildman–Crippen LogP) is 2.96. The van der Waals surface area contributed by atoms with Gasteiger partial charge in [0.1, 0.15) is 5.78 Å². The summed E-state index contributed by atoms with van der Waals surface area (Å²) in [6.07, 6.45) is 0. The van der Waals surface area contributed by atoms with Gasteiger partial charge in [-0.05, 0) is 32.2 Å². The minimum Gasteiger partial charge on any atom is -0.463 e. The van der Waals surface area contributed by atoms with Crippen LogP contribution in [0.25, 0.3) is 0 Å². The molecule has 0 bridgehead atoms. The number of amidine groups is 1. The van der Waals surface area contributed by atoms with Gasteiger partial charge in [-0.3, -0.25) is 15.2 Å². The minimum absolute atomic E-state index is 0.0419. The normalized spacial score (nSPS) is 20.2. The van der Waals surface area contributed by atoms with Crippen molar-refractivity contribution in [1.82, 2.24) is 0 Å². The van der Waals surface area contributed by atoms with Crippen LogP contribution >= 0.6 is 23.1 Å². The summed E-state index contributed by atoms with van der Waals surface area (Å²) in [5.74, 6) is -1.14. The van der Waals surface area contributed by atoms with Crippen molar-refractivity contribution in [3.63, 3.8) is 0 Å². The highest BCUT2D eigenvalue weighted by Crippen LogP contribution is 2.42. The Labute approximate surface area is 155 Å². The number of carbonyl (C=O) groups is 2. The quantitative estimate of drug-likeness (QED) is 0.449. The van der Waals surface area contributed by atoms with E-state index in [1.54, 1.807) is 13.8 Å². The topological polar surface area (TPSA) is 106 Å². The molecule has 0 aliphatic carbocycles. The molecule has 1 aromatic heterocycles. The molecule has 6 nitrogen and oxygen atoms in total. The van der Waals surface area contributed by atoms with E-state index >= 15 is 0 Å². The Hall–Kier alpha value is -1.93. The largest absolute Gasteiger partial charge is 0.463 e. The number of ether oxygens (including phenoxy) is 1. The van der Waals surface area contributed by atoms with E-state index < -0.39 is 17.8 Å². The first-order valence-corrected chi connectivity index (χ1v) is 9.69. The third-order valence-corrected chi connectivity index (χ3v) is 5.55. The number of hydrogen-bond donors (Lipinski definition) is 2. The van der Waals surface area contributed by atoms with Gasteiger partial charge in [-0.15, -0.1) is 11.3 Å². The van der Waals surface area contributed by atoms with Crippen LogP contribution < -0.4 is 5.73 Å². The molecule has 2 rings (SSSR count). The smallest absolute Gasteiger partial charge is 0.336 e. The summed E-state index contributed by atoms with van der Waals surface area (Å²) in [6.45, 7) is 5.29. The van der Waals surface area contributed by atoms with Crippen molar-refractivity contribution >= 4 is 45.7 Å². The average molecular weight is 380 g/mol. The minimum atomic E-state index is -0.496. The van der Waals surface area contributed by atoms with Crippen LogP contribution in [0.15, 0.2) is 33.8 Å². The van der Waals surface area contributed by atoms with Gasteiger partial charge in [0.25, 0.3) is 0 Å². The fourth-order valence-electron chi connectivity index (χ4n) is 2.94. The first kappa shape index (κ1) is 19.4. The van der Waals surface area contributed by atoms with Gasteiger partial charge in [-0.1, -0.05) is 17.8 Å². The number of aliphatic imine (C=N–C) groups is 1. The first-order valence-electron chi connectivity index (χ1n) is 7.82. The van der Waals surface area contributed by atoms with Gasteiger partial charge in [0.05, 0.1) is 23.8 Å². The van der Waals surface area contributed by atoms with Crippen LogP contribution in [0, 0.1) is 11.3 Å². The zero-order valence-electron chi connectivity index (χ0n) is 14.4. The number of thiophene rings is 1. The Kier molecular flexibility index (Phi) is 6.55. The van der Waals surface area contributed by atoms with Gasteiger partial charge in [0.15, 0.2) is 5.17 Å². The van der Waals surface area contributed by atoms with E-state index in [-0.39, 0.29) is 23.3 Å². The standard InChI is InChI=1S/C17H21N3O3S2/c1-4-23-16(22)14-11(8-25-17(18)19)20-9(2)13(10(3)21)15(14)12-6-5-7-24-12/h5-7,13,15H,4,8H2,1-3H3,(H3,18,19). The zero-order chi connectivity index (χ0) is 18.6. The summed E-state index contributed by atoms with van der Waals surface area (Å²) in [4.78, 5) is 30.4. The molecule has 1 aliphatic rings. The van der Waals surface area contributed by atoms with Crippen LogP contribution in [-0.4, -0.2) is 35.0 Å². The number of carbonyl (C=O) groups excluding carboxylic acids is 2. The van der Waals surface area contributed by atoms with E-state index in [9.17, 15) is 9.59 Å². The number of Topliss-reactive ketones (excluding diaryl/α,β-unsaturated/α-hetero) is 1. The lowest BCUT2D eigenvalue weighted by Crippen LogP contribution is -2.34. The number of hydrogen-bond acceptors (Lipinski definition) is 7. The van der Waals surface area contributed by atoms with E-state index in [1.165, 1.54) is 18.3 Å². The fourth-order valence-corrected chi connectivity index (χ4v) is 4.33. The van der Waals surface area contributed by atoms with Gasteiger partial charge < -0.3 is 10.5 Å². The molecule has 2 heterocycles. The second kappa shape index (κ2) is 8.44. The molecule has 1 aliphatic heterocycles. The van der Waals surface area contributed by atoms with Crippen molar-refractivity contribution in [2.24, 2.45) is 16.6 Å². The number of rotatable bonds is 6. The molecule has 0 saturated heterocycles. The predicted molar refractivity (Wildman–Crippen MR) is 102 cm³/mol. The van der Waals surface area contributed by atoms with E-state index in [0.717, 1.165) is 16.6 Å². The van der Waals surface area contributed by atoms with E-state index in [2.05, 4.69) is 4.99 Å². The van der Waals surface area contributed by atoms with E-state index in [4.69, 9.17) is 15.9 Å². The van der Waals surface area contributed by atoms with Gasteiger partial charge >= 0.3 is 5.97 Å². The lowest BCUT2D eigenvalue weighted by Gasteiger charge is -2.31. The van der Waals surface area contributed by atoms with Crippen LogP contribution in [0.4, 0.5) is 0 Å². The summed E-state index contributed by atoms with van der Waals surface area (Å²) >= 11 is 2.59. The van der Waals surface area contributed by atoms with Crippen LogP contribution in [0.2, 0.25) is 0 Å². The third kappa shape index (κ3) is 4.38. The zero-order valence-corrected chi connectivity index (χ0v) is 16.0. The maximum atomic E-state index is 12.7. The maximum absolute atomic E-state index is 12.7. The summed E-state index contributed by atoms with van der Waals surface area (Å²) in [5, 5.41) is 9.28. The average Bonchev–Trinajstić information content (AvgIpc) is 3.05. The second-order valence-corrected chi connectivity index (χ2v) is 7.56. The molecule has 0 fully saturated rings. The van der Waals surface area contributed by atoms with Crippen molar-refractivity contribution in [3.05, 3.63) is 33.7 Å². The lowest BCUT2D eigenvalue weighted by molar-refractivity contribution is -0.139. The van der Waals surface area contributed by atoms with Crippen LogP contribution in [-0.2, 0) is 14.3 Å². The van der Waals surface area contributed by atoms with Gasteiger partial charge in [0.2, 0.25) is 0 Å². The van der Waals surface area contributed by atoms with Crippen molar-refractivity contribution in [1.29, 1.82) is 5.41 Å². The lowest BCUT2D eigenvalue weighted by atomic mass is 9.77.